The Bertz CT molecular complexity index is 463. The number of esters is 1. The van der Waals surface area contributed by atoms with E-state index in [0.29, 0.717) is 0 Å². The second kappa shape index (κ2) is 7.88. The molecule has 0 saturated heterocycles. The van der Waals surface area contributed by atoms with Gasteiger partial charge in [-0.05, 0) is 32.0 Å². The third-order valence-corrected chi connectivity index (χ3v) is 3.26. The Kier molecular flexibility index (Phi) is 6.49. The molecule has 1 aromatic rings. The Balaban J connectivity index is 2.76. The number of nitrogens with one attached hydrogen (secondary N) is 1. The number of hydrogen-bond acceptors (Lipinski definition) is 5. The van der Waals surface area contributed by atoms with Crippen LogP contribution < -0.4 is 15.0 Å². The van der Waals surface area contributed by atoms with Gasteiger partial charge < -0.3 is 14.4 Å². The maximum absolute atomic E-state index is 12.0. The lowest BCUT2D eigenvalue weighted by molar-refractivity contribution is -0.149. The molecular weight excluding hydrogens is 268 g/mol. The fourth-order valence-corrected chi connectivity index (χ4v) is 1.89. The smallest absolute Gasteiger partial charge is 0.329 e. The van der Waals surface area contributed by atoms with Gasteiger partial charge >= 0.3 is 5.97 Å². The third-order valence-electron chi connectivity index (χ3n) is 3.26. The molecule has 5 nitrogen and oxygen atoms in total. The second-order valence-corrected chi connectivity index (χ2v) is 5.43. The molecule has 21 heavy (non-hydrogen) atoms. The van der Waals surface area contributed by atoms with E-state index >= 15 is 0 Å². The molecule has 0 aromatic heterocycles. The number of benzene rings is 1. The lowest BCUT2D eigenvalue weighted by Crippen LogP contribution is -2.54. The van der Waals surface area contributed by atoms with Crippen molar-refractivity contribution in [3.8, 4) is 5.75 Å². The van der Waals surface area contributed by atoms with Crippen molar-refractivity contribution in [1.82, 2.24) is 5.32 Å². The van der Waals surface area contributed by atoms with Crippen LogP contribution in [0.15, 0.2) is 24.3 Å². The summed E-state index contributed by atoms with van der Waals surface area (Å²) in [4.78, 5) is 14.0. The second-order valence-electron chi connectivity index (χ2n) is 5.43. The van der Waals surface area contributed by atoms with Gasteiger partial charge in [0.05, 0.1) is 7.11 Å². The van der Waals surface area contributed by atoms with Gasteiger partial charge in [-0.2, -0.15) is 0 Å². The predicted octanol–water partition coefficient (Wildman–Crippen LogP) is 2.06. The molecule has 1 aromatic carbocycles. The normalized spacial score (nSPS) is 13.4. The predicted molar refractivity (Wildman–Crippen MR) is 85.0 cm³/mol. The summed E-state index contributed by atoms with van der Waals surface area (Å²) in [6.45, 7) is 4.79. The number of anilines is 1. The number of ether oxygens (including phenoxy) is 2. The average Bonchev–Trinajstić information content (AvgIpc) is 2.50. The van der Waals surface area contributed by atoms with Crippen molar-refractivity contribution in [2.45, 2.75) is 25.8 Å². The van der Waals surface area contributed by atoms with E-state index in [1.807, 2.05) is 50.2 Å². The lowest BCUT2D eigenvalue weighted by atomic mass is 10.0. The molecule has 0 aliphatic rings. The molecule has 0 radical (unpaired) electrons. The zero-order chi connectivity index (χ0) is 15.9. The molecule has 0 bridgehead atoms. The summed E-state index contributed by atoms with van der Waals surface area (Å²) in [5.41, 5.74) is 0.201. The van der Waals surface area contributed by atoms with Crippen molar-refractivity contribution >= 4 is 11.7 Å². The van der Waals surface area contributed by atoms with E-state index in [1.54, 1.807) is 6.92 Å². The largest absolute Gasteiger partial charge is 0.491 e. The summed E-state index contributed by atoms with van der Waals surface area (Å²) in [7, 11) is 5.34. The first-order chi connectivity index (χ1) is 9.92. The molecule has 0 aliphatic heterocycles. The molecule has 0 saturated carbocycles. The fraction of sp³-hybridized carbons (Fsp3) is 0.562. The summed E-state index contributed by atoms with van der Waals surface area (Å²) < 4.78 is 10.7. The maximum Gasteiger partial charge on any atom is 0.329 e. The maximum atomic E-state index is 12.0. The SMILES string of the molecule is CCCNC(C)(COc1cccc(N(C)C)c1)C(=O)OC. The van der Waals surface area contributed by atoms with E-state index in [4.69, 9.17) is 9.47 Å². The van der Waals surface area contributed by atoms with E-state index in [0.717, 1.165) is 24.4 Å². The van der Waals surface area contributed by atoms with Crippen LogP contribution in [0.25, 0.3) is 0 Å². The third kappa shape index (κ3) is 4.93. The Hall–Kier alpha value is -1.75. The number of carbonyl (C=O) groups is 1. The molecule has 118 valence electrons. The summed E-state index contributed by atoms with van der Waals surface area (Å²) in [6.07, 6.45) is 0.933. The average molecular weight is 294 g/mol. The number of nitrogens with zero attached hydrogens (tertiary/aromatic N) is 1. The van der Waals surface area contributed by atoms with Crippen molar-refractivity contribution in [1.29, 1.82) is 0 Å². The van der Waals surface area contributed by atoms with E-state index in [2.05, 4.69) is 5.32 Å². The minimum absolute atomic E-state index is 0.219. The van der Waals surface area contributed by atoms with Crippen LogP contribution >= 0.6 is 0 Å². The highest BCUT2D eigenvalue weighted by molar-refractivity contribution is 5.80. The number of hydrogen-bond donors (Lipinski definition) is 1. The summed E-state index contributed by atoms with van der Waals surface area (Å²) in [6, 6.07) is 7.75. The van der Waals surface area contributed by atoms with Crippen LogP contribution in [0.4, 0.5) is 5.69 Å². The minimum atomic E-state index is -0.848. The number of methoxy groups -OCH3 is 1. The monoisotopic (exact) mass is 294 g/mol. The van der Waals surface area contributed by atoms with Crippen molar-refractivity contribution in [3.63, 3.8) is 0 Å². The molecule has 0 spiro atoms. The zero-order valence-electron chi connectivity index (χ0n) is 13.6. The Morgan fingerprint density at radius 2 is 2.10 bits per heavy atom. The molecule has 1 atom stereocenters. The van der Waals surface area contributed by atoms with Gasteiger partial charge in [-0.15, -0.1) is 0 Å². The molecule has 0 amide bonds. The quantitative estimate of drug-likeness (QED) is 0.744. The van der Waals surface area contributed by atoms with Crippen molar-refractivity contribution < 1.29 is 14.3 Å². The van der Waals surface area contributed by atoms with Gasteiger partial charge in [-0.1, -0.05) is 13.0 Å². The van der Waals surface area contributed by atoms with Gasteiger partial charge in [0.2, 0.25) is 0 Å². The lowest BCUT2D eigenvalue weighted by Gasteiger charge is -2.28. The van der Waals surface area contributed by atoms with E-state index in [1.165, 1.54) is 7.11 Å². The molecular formula is C16H26N2O3. The fourth-order valence-electron chi connectivity index (χ4n) is 1.89. The molecule has 5 heteroatoms. The standard InChI is InChI=1S/C16H26N2O3/c1-6-10-17-16(2,15(19)20-5)12-21-14-9-7-8-13(11-14)18(3)4/h7-9,11,17H,6,10,12H2,1-5H3. The highest BCUT2D eigenvalue weighted by Gasteiger charge is 2.34. The number of carbonyl (C=O) groups excluding carboxylic acids is 1. The molecule has 0 heterocycles. The molecule has 0 fully saturated rings. The van der Waals surface area contributed by atoms with Crippen molar-refractivity contribution in [2.75, 3.05) is 39.3 Å². The zero-order valence-corrected chi connectivity index (χ0v) is 13.6. The van der Waals surface area contributed by atoms with Gasteiger partial charge in [0, 0.05) is 25.8 Å². The van der Waals surface area contributed by atoms with Crippen LogP contribution in [0.3, 0.4) is 0 Å². The van der Waals surface area contributed by atoms with Crippen molar-refractivity contribution in [3.05, 3.63) is 24.3 Å². The summed E-state index contributed by atoms with van der Waals surface area (Å²) in [5, 5.41) is 3.19. The van der Waals surface area contributed by atoms with Crippen LogP contribution in [0.5, 0.6) is 5.75 Å². The summed E-state index contributed by atoms with van der Waals surface area (Å²) >= 11 is 0. The van der Waals surface area contributed by atoms with E-state index in [9.17, 15) is 4.79 Å². The Morgan fingerprint density at radius 1 is 1.38 bits per heavy atom. The van der Waals surface area contributed by atoms with Gasteiger partial charge in [0.1, 0.15) is 17.9 Å². The molecule has 0 aliphatic carbocycles. The van der Waals surface area contributed by atoms with Crippen LogP contribution in [-0.4, -0.2) is 45.9 Å². The van der Waals surface area contributed by atoms with Gasteiger partial charge in [-0.25, -0.2) is 4.79 Å². The molecule has 1 N–H and O–H groups in total. The Morgan fingerprint density at radius 3 is 2.67 bits per heavy atom. The molecule has 1 rings (SSSR count). The molecule has 1 unspecified atom stereocenters. The minimum Gasteiger partial charge on any atom is -0.491 e. The van der Waals surface area contributed by atoms with Crippen LogP contribution in [0.2, 0.25) is 0 Å². The van der Waals surface area contributed by atoms with E-state index in [-0.39, 0.29) is 12.6 Å². The summed E-state index contributed by atoms with van der Waals surface area (Å²) in [5.74, 6) is 0.411. The highest BCUT2D eigenvalue weighted by Crippen LogP contribution is 2.20. The number of rotatable bonds is 8. The van der Waals surface area contributed by atoms with E-state index < -0.39 is 5.54 Å². The van der Waals surface area contributed by atoms with Crippen LogP contribution in [-0.2, 0) is 9.53 Å². The first-order valence-electron chi connectivity index (χ1n) is 7.16. The van der Waals surface area contributed by atoms with Crippen LogP contribution in [0, 0.1) is 0 Å². The Labute approximate surface area is 127 Å². The van der Waals surface area contributed by atoms with Gasteiger partial charge in [-0.3, -0.25) is 5.32 Å². The first-order valence-corrected chi connectivity index (χ1v) is 7.16. The van der Waals surface area contributed by atoms with Crippen molar-refractivity contribution in [2.24, 2.45) is 0 Å². The van der Waals surface area contributed by atoms with Gasteiger partial charge in [0.25, 0.3) is 0 Å². The van der Waals surface area contributed by atoms with Gasteiger partial charge in [0.15, 0.2) is 0 Å². The topological polar surface area (TPSA) is 50.8 Å². The van der Waals surface area contributed by atoms with Crippen LogP contribution in [0.1, 0.15) is 20.3 Å². The first kappa shape index (κ1) is 17.3. The highest BCUT2D eigenvalue weighted by atomic mass is 16.5.